The average molecular weight is 360 g/mol. The van der Waals surface area contributed by atoms with Gasteiger partial charge in [0.25, 0.3) is 0 Å². The van der Waals surface area contributed by atoms with Crippen molar-refractivity contribution in [1.29, 1.82) is 0 Å². The van der Waals surface area contributed by atoms with Gasteiger partial charge in [-0.1, -0.05) is 6.07 Å². The number of rotatable bonds is 5. The van der Waals surface area contributed by atoms with Crippen LogP contribution in [0.25, 0.3) is 0 Å². The van der Waals surface area contributed by atoms with E-state index in [2.05, 4.69) is 9.98 Å². The summed E-state index contributed by atoms with van der Waals surface area (Å²) in [4.78, 5) is 35.7. The molecule has 0 aromatic carbocycles. The minimum atomic E-state index is -0.855. The molecule has 0 amide bonds. The molecule has 2 rings (SSSR count). The molecule has 140 valence electrons. The van der Waals surface area contributed by atoms with E-state index >= 15 is 0 Å². The molecule has 1 aliphatic rings. The normalized spacial score (nSPS) is 19.6. The molecule has 2 N–H and O–H groups in total. The molecule has 8 heteroatoms. The number of carbonyl (C=O) groups is 2. The largest absolute Gasteiger partial charge is 0.465 e. The Morgan fingerprint density at radius 2 is 1.88 bits per heavy atom. The van der Waals surface area contributed by atoms with Gasteiger partial charge in [-0.15, -0.1) is 0 Å². The van der Waals surface area contributed by atoms with E-state index in [-0.39, 0.29) is 24.6 Å². The Kier molecular flexibility index (Phi) is 6.32. The van der Waals surface area contributed by atoms with Gasteiger partial charge in [0, 0.05) is 26.0 Å². The zero-order valence-electron chi connectivity index (χ0n) is 15.4. The number of ether oxygens (including phenoxy) is 2. The quantitative estimate of drug-likeness (QED) is 0.782. The lowest BCUT2D eigenvalue weighted by Crippen LogP contribution is -2.44. The molecule has 0 saturated heterocycles. The van der Waals surface area contributed by atoms with Gasteiger partial charge in [-0.2, -0.15) is 0 Å². The molecule has 2 heterocycles. The molecule has 1 aromatic heterocycles. The minimum absolute atomic E-state index is 0.0170. The van der Waals surface area contributed by atoms with Gasteiger partial charge < -0.3 is 20.1 Å². The number of carbonyl (C=O) groups excluding carboxylic acids is 2. The van der Waals surface area contributed by atoms with E-state index in [0.29, 0.717) is 11.5 Å². The Labute approximate surface area is 152 Å². The summed E-state index contributed by atoms with van der Waals surface area (Å²) in [5.41, 5.74) is 6.73. The maximum absolute atomic E-state index is 12.8. The number of nitrogens with zero attached hydrogens (tertiary/aromatic N) is 3. The van der Waals surface area contributed by atoms with Crippen LogP contribution in [0.4, 0.5) is 0 Å². The minimum Gasteiger partial charge on any atom is -0.465 e. The Morgan fingerprint density at radius 3 is 2.42 bits per heavy atom. The van der Waals surface area contributed by atoms with Crippen molar-refractivity contribution in [3.05, 3.63) is 41.5 Å². The van der Waals surface area contributed by atoms with Crippen LogP contribution in [0.15, 0.2) is 40.8 Å². The smallest absolute Gasteiger partial charge is 0.338 e. The molecule has 1 aliphatic heterocycles. The van der Waals surface area contributed by atoms with Gasteiger partial charge in [-0.3, -0.25) is 9.78 Å². The van der Waals surface area contributed by atoms with Crippen LogP contribution in [0.1, 0.15) is 25.5 Å². The standard InChI is InChI=1S/C18H24N4O4/c1-5-25-17(23)13-12(11-9-7-8-10-20-11)14(18(24)26-6-2)16(22(3)4)21-15(13)19/h7-10,12,14H,5-6,19H2,1-4H3. The van der Waals surface area contributed by atoms with E-state index in [1.54, 1.807) is 57.2 Å². The number of pyridine rings is 1. The molecule has 8 nitrogen and oxygen atoms in total. The van der Waals surface area contributed by atoms with Crippen molar-refractivity contribution in [2.75, 3.05) is 27.3 Å². The van der Waals surface area contributed by atoms with Gasteiger partial charge in [0.15, 0.2) is 0 Å². The van der Waals surface area contributed by atoms with Crippen molar-refractivity contribution >= 4 is 17.8 Å². The Bertz CT molecular complexity index is 728. The van der Waals surface area contributed by atoms with Crippen LogP contribution in [-0.2, 0) is 19.1 Å². The first-order valence-corrected chi connectivity index (χ1v) is 8.42. The van der Waals surface area contributed by atoms with Crippen LogP contribution < -0.4 is 5.73 Å². The fourth-order valence-electron chi connectivity index (χ4n) is 2.90. The fraction of sp³-hybridized carbons (Fsp3) is 0.444. The highest BCUT2D eigenvalue weighted by Crippen LogP contribution is 2.38. The van der Waals surface area contributed by atoms with Gasteiger partial charge >= 0.3 is 11.9 Å². The highest BCUT2D eigenvalue weighted by Gasteiger charge is 2.45. The predicted octanol–water partition coefficient (Wildman–Crippen LogP) is 1.05. The van der Waals surface area contributed by atoms with Crippen LogP contribution in [0.5, 0.6) is 0 Å². The molecular weight excluding hydrogens is 336 g/mol. The van der Waals surface area contributed by atoms with Gasteiger partial charge in [0.1, 0.15) is 17.6 Å². The molecule has 0 radical (unpaired) electrons. The van der Waals surface area contributed by atoms with Gasteiger partial charge in [-0.05, 0) is 26.0 Å². The molecule has 0 aliphatic carbocycles. The van der Waals surface area contributed by atoms with E-state index in [0.717, 1.165) is 0 Å². The third-order valence-corrected chi connectivity index (χ3v) is 3.93. The summed E-state index contributed by atoms with van der Waals surface area (Å²) >= 11 is 0. The SMILES string of the molecule is CCOC(=O)C1=C(N)N=C(N(C)C)C(C(=O)OCC)C1c1ccccn1. The van der Waals surface area contributed by atoms with E-state index in [1.807, 2.05) is 0 Å². The summed E-state index contributed by atoms with van der Waals surface area (Å²) in [6, 6.07) is 5.27. The van der Waals surface area contributed by atoms with Crippen molar-refractivity contribution in [3.8, 4) is 0 Å². The van der Waals surface area contributed by atoms with Crippen LogP contribution in [-0.4, -0.2) is 55.0 Å². The Balaban J connectivity index is 2.68. The first kappa shape index (κ1) is 19.4. The number of nitrogens with two attached hydrogens (primary N) is 1. The zero-order chi connectivity index (χ0) is 19.3. The van der Waals surface area contributed by atoms with Crippen LogP contribution in [0, 0.1) is 5.92 Å². The second kappa shape index (κ2) is 8.46. The molecule has 0 saturated carbocycles. The lowest BCUT2D eigenvalue weighted by atomic mass is 9.79. The molecule has 0 spiro atoms. The first-order chi connectivity index (χ1) is 12.4. The Hall–Kier alpha value is -2.90. The van der Waals surface area contributed by atoms with Gasteiger partial charge in [-0.25, -0.2) is 9.79 Å². The second-order valence-corrected chi connectivity index (χ2v) is 5.85. The van der Waals surface area contributed by atoms with Crippen LogP contribution in [0.3, 0.4) is 0 Å². The fourth-order valence-corrected chi connectivity index (χ4v) is 2.90. The number of hydrogen-bond acceptors (Lipinski definition) is 8. The van der Waals surface area contributed by atoms with Crippen LogP contribution in [0.2, 0.25) is 0 Å². The summed E-state index contributed by atoms with van der Waals surface area (Å²) in [7, 11) is 3.51. The second-order valence-electron chi connectivity index (χ2n) is 5.85. The van der Waals surface area contributed by atoms with E-state index in [9.17, 15) is 9.59 Å². The van der Waals surface area contributed by atoms with Gasteiger partial charge in [0.2, 0.25) is 0 Å². The summed E-state index contributed by atoms with van der Waals surface area (Å²) in [5, 5.41) is 0. The molecule has 2 atom stereocenters. The maximum Gasteiger partial charge on any atom is 0.338 e. The van der Waals surface area contributed by atoms with E-state index in [4.69, 9.17) is 15.2 Å². The summed E-state index contributed by atoms with van der Waals surface area (Å²) in [5.74, 6) is -2.29. The third-order valence-electron chi connectivity index (χ3n) is 3.93. The summed E-state index contributed by atoms with van der Waals surface area (Å²) < 4.78 is 10.4. The van der Waals surface area contributed by atoms with Crippen molar-refractivity contribution in [1.82, 2.24) is 9.88 Å². The molecular formula is C18H24N4O4. The number of aliphatic imine (C=N–C) groups is 1. The molecule has 2 unspecified atom stereocenters. The molecule has 26 heavy (non-hydrogen) atoms. The number of esters is 2. The number of aromatic nitrogens is 1. The lowest BCUT2D eigenvalue weighted by molar-refractivity contribution is -0.146. The number of amidine groups is 1. The first-order valence-electron chi connectivity index (χ1n) is 8.42. The average Bonchev–Trinajstić information content (AvgIpc) is 2.61. The highest BCUT2D eigenvalue weighted by molar-refractivity contribution is 6.06. The lowest BCUT2D eigenvalue weighted by Gasteiger charge is -2.33. The topological polar surface area (TPSA) is 107 Å². The Morgan fingerprint density at radius 1 is 1.19 bits per heavy atom. The summed E-state index contributed by atoms with van der Waals surface area (Å²) in [6.07, 6.45) is 1.59. The highest BCUT2D eigenvalue weighted by atomic mass is 16.5. The molecule has 1 aromatic rings. The predicted molar refractivity (Wildman–Crippen MR) is 96.1 cm³/mol. The van der Waals surface area contributed by atoms with E-state index < -0.39 is 23.8 Å². The van der Waals surface area contributed by atoms with Crippen molar-refractivity contribution in [3.63, 3.8) is 0 Å². The number of hydrogen-bond donors (Lipinski definition) is 1. The molecule has 0 fully saturated rings. The van der Waals surface area contributed by atoms with E-state index in [1.165, 1.54) is 0 Å². The monoisotopic (exact) mass is 360 g/mol. The zero-order valence-corrected chi connectivity index (χ0v) is 15.4. The summed E-state index contributed by atoms with van der Waals surface area (Å²) in [6.45, 7) is 3.81. The van der Waals surface area contributed by atoms with Crippen molar-refractivity contribution in [2.24, 2.45) is 16.6 Å². The van der Waals surface area contributed by atoms with Crippen molar-refractivity contribution < 1.29 is 19.1 Å². The maximum atomic E-state index is 12.8. The van der Waals surface area contributed by atoms with Crippen LogP contribution >= 0.6 is 0 Å². The van der Waals surface area contributed by atoms with Gasteiger partial charge in [0.05, 0.1) is 24.7 Å². The van der Waals surface area contributed by atoms with Crippen molar-refractivity contribution in [2.45, 2.75) is 19.8 Å². The third kappa shape index (κ3) is 3.84. The molecule has 0 bridgehead atoms.